The molecule has 2 atom stereocenters. The maximum atomic E-state index is 12.4. The molecule has 26 heavy (non-hydrogen) atoms. The van der Waals surface area contributed by atoms with Gasteiger partial charge < -0.3 is 4.74 Å². The van der Waals surface area contributed by atoms with Crippen LogP contribution in [0.4, 0.5) is 0 Å². The topological polar surface area (TPSA) is 26.3 Å². The van der Waals surface area contributed by atoms with E-state index in [0.29, 0.717) is 12.5 Å². The molecule has 0 N–H and O–H groups in total. The van der Waals surface area contributed by atoms with E-state index in [-0.39, 0.29) is 11.4 Å². The summed E-state index contributed by atoms with van der Waals surface area (Å²) in [6.45, 7) is 4.68. The van der Waals surface area contributed by atoms with Crippen LogP contribution in [0, 0.1) is 11.3 Å². The average Bonchev–Trinajstić information content (AvgIpc) is 3.12. The van der Waals surface area contributed by atoms with E-state index in [1.165, 1.54) is 22.3 Å². The maximum Gasteiger partial charge on any atom is 0.313 e. The molecule has 1 heterocycles. The summed E-state index contributed by atoms with van der Waals surface area (Å²) in [6.07, 6.45) is 2.48. The lowest BCUT2D eigenvalue weighted by atomic mass is 9.75. The molecular weight excluding hydrogens is 340 g/mol. The van der Waals surface area contributed by atoms with Crippen molar-refractivity contribution >= 4 is 17.7 Å². The molecule has 4 rings (SSSR count). The van der Waals surface area contributed by atoms with E-state index >= 15 is 0 Å². The summed E-state index contributed by atoms with van der Waals surface area (Å²) in [7, 11) is 0. The predicted octanol–water partition coefficient (Wildman–Crippen LogP) is 5.17. The summed E-state index contributed by atoms with van der Waals surface area (Å²) in [5, 5.41) is 0. The van der Waals surface area contributed by atoms with Crippen LogP contribution in [-0.2, 0) is 27.5 Å². The standard InChI is InChI=1S/C23H24O2S/c1-17-11-21-14-25-22(24)23(21,12-17)13-18-7-9-20(10-8-18)16-26-15-19-5-3-2-4-6-19/h2-10,21H,1,11-16H2. The fraction of sp³-hybridized carbons (Fsp3) is 0.348. The SMILES string of the molecule is C=C1CC2COC(=O)C2(Cc2ccc(CSCc3ccccc3)cc2)C1. The number of fused-ring (bicyclic) bond motifs is 1. The monoisotopic (exact) mass is 364 g/mol. The quantitative estimate of drug-likeness (QED) is 0.522. The van der Waals surface area contributed by atoms with Crippen molar-refractivity contribution in [2.24, 2.45) is 11.3 Å². The highest BCUT2D eigenvalue weighted by molar-refractivity contribution is 7.97. The minimum absolute atomic E-state index is 0.0244. The van der Waals surface area contributed by atoms with Gasteiger partial charge in [0.05, 0.1) is 12.0 Å². The minimum atomic E-state index is -0.360. The van der Waals surface area contributed by atoms with E-state index in [4.69, 9.17) is 4.74 Å². The summed E-state index contributed by atoms with van der Waals surface area (Å²) in [6, 6.07) is 19.3. The molecule has 0 amide bonds. The van der Waals surface area contributed by atoms with Crippen LogP contribution in [0.1, 0.15) is 29.5 Å². The summed E-state index contributed by atoms with van der Waals surface area (Å²) in [4.78, 5) is 12.4. The van der Waals surface area contributed by atoms with Crippen molar-refractivity contribution in [1.29, 1.82) is 0 Å². The summed E-state index contributed by atoms with van der Waals surface area (Å²) >= 11 is 1.93. The molecular formula is C23H24O2S. The molecule has 1 aliphatic carbocycles. The van der Waals surface area contributed by atoms with Crippen LogP contribution in [-0.4, -0.2) is 12.6 Å². The lowest BCUT2D eigenvalue weighted by Crippen LogP contribution is -2.31. The second-order valence-electron chi connectivity index (χ2n) is 7.55. The Balaban J connectivity index is 1.37. The molecule has 2 fully saturated rings. The summed E-state index contributed by atoms with van der Waals surface area (Å²) in [5.74, 6) is 2.32. The zero-order valence-corrected chi connectivity index (χ0v) is 15.8. The second-order valence-corrected chi connectivity index (χ2v) is 8.54. The van der Waals surface area contributed by atoms with Crippen LogP contribution in [0.3, 0.4) is 0 Å². The minimum Gasteiger partial charge on any atom is -0.465 e. The van der Waals surface area contributed by atoms with Gasteiger partial charge in [-0.05, 0) is 36.0 Å². The van der Waals surface area contributed by atoms with E-state index in [9.17, 15) is 4.79 Å². The van der Waals surface area contributed by atoms with Gasteiger partial charge in [-0.25, -0.2) is 0 Å². The number of benzene rings is 2. The number of hydrogen-bond donors (Lipinski definition) is 0. The molecule has 1 aliphatic heterocycles. The van der Waals surface area contributed by atoms with Crippen molar-refractivity contribution in [3.05, 3.63) is 83.4 Å². The first-order chi connectivity index (χ1) is 12.7. The summed E-state index contributed by atoms with van der Waals surface area (Å²) in [5.41, 5.74) is 4.75. The number of rotatable bonds is 6. The van der Waals surface area contributed by atoms with E-state index < -0.39 is 0 Å². The third kappa shape index (κ3) is 3.45. The number of cyclic esters (lactones) is 1. The van der Waals surface area contributed by atoms with Crippen molar-refractivity contribution in [2.75, 3.05) is 6.61 Å². The van der Waals surface area contributed by atoms with Crippen LogP contribution < -0.4 is 0 Å². The smallest absolute Gasteiger partial charge is 0.313 e. The number of hydrogen-bond acceptors (Lipinski definition) is 3. The van der Waals surface area contributed by atoms with E-state index in [2.05, 4.69) is 61.2 Å². The molecule has 0 radical (unpaired) electrons. The molecule has 134 valence electrons. The molecule has 1 saturated carbocycles. The van der Waals surface area contributed by atoms with Crippen molar-refractivity contribution in [2.45, 2.75) is 30.8 Å². The lowest BCUT2D eigenvalue weighted by molar-refractivity contribution is -0.146. The van der Waals surface area contributed by atoms with Gasteiger partial charge in [-0.2, -0.15) is 11.8 Å². The molecule has 0 aromatic heterocycles. The lowest BCUT2D eigenvalue weighted by Gasteiger charge is -2.24. The highest BCUT2D eigenvalue weighted by Crippen LogP contribution is 2.52. The number of carbonyl (C=O) groups is 1. The zero-order valence-electron chi connectivity index (χ0n) is 14.9. The van der Waals surface area contributed by atoms with Gasteiger partial charge in [-0.3, -0.25) is 4.79 Å². The van der Waals surface area contributed by atoms with Crippen LogP contribution >= 0.6 is 11.8 Å². The van der Waals surface area contributed by atoms with Gasteiger partial charge in [-0.1, -0.05) is 66.7 Å². The van der Waals surface area contributed by atoms with Gasteiger partial charge in [0.15, 0.2) is 0 Å². The highest BCUT2D eigenvalue weighted by Gasteiger charge is 2.55. The van der Waals surface area contributed by atoms with Gasteiger partial charge in [0.1, 0.15) is 0 Å². The van der Waals surface area contributed by atoms with Crippen LogP contribution in [0.25, 0.3) is 0 Å². The number of allylic oxidation sites excluding steroid dienone is 1. The summed E-state index contributed by atoms with van der Waals surface area (Å²) < 4.78 is 5.38. The van der Waals surface area contributed by atoms with E-state index in [0.717, 1.165) is 30.8 Å². The fourth-order valence-electron chi connectivity index (χ4n) is 4.24. The Bertz CT molecular complexity index is 797. The predicted molar refractivity (Wildman–Crippen MR) is 107 cm³/mol. The fourth-order valence-corrected chi connectivity index (χ4v) is 5.20. The Morgan fingerprint density at radius 3 is 2.38 bits per heavy atom. The highest BCUT2D eigenvalue weighted by atomic mass is 32.2. The van der Waals surface area contributed by atoms with Crippen LogP contribution in [0.2, 0.25) is 0 Å². The molecule has 2 unspecified atom stereocenters. The Morgan fingerprint density at radius 2 is 1.65 bits per heavy atom. The molecule has 2 aliphatic rings. The van der Waals surface area contributed by atoms with E-state index in [1.54, 1.807) is 0 Å². The third-order valence-corrected chi connectivity index (χ3v) is 6.70. The molecule has 2 aromatic carbocycles. The van der Waals surface area contributed by atoms with Gasteiger partial charge in [0.25, 0.3) is 0 Å². The normalized spacial score (nSPS) is 24.5. The first-order valence-corrected chi connectivity index (χ1v) is 10.3. The molecule has 0 bridgehead atoms. The van der Waals surface area contributed by atoms with Gasteiger partial charge in [0.2, 0.25) is 0 Å². The molecule has 0 spiro atoms. The zero-order chi connectivity index (χ0) is 18.0. The Hall–Kier alpha value is -2.00. The second kappa shape index (κ2) is 7.32. The largest absolute Gasteiger partial charge is 0.465 e. The van der Waals surface area contributed by atoms with E-state index in [1.807, 2.05) is 11.8 Å². The van der Waals surface area contributed by atoms with Gasteiger partial charge in [0, 0.05) is 17.4 Å². The first kappa shape index (κ1) is 17.4. The number of carbonyl (C=O) groups excluding carboxylic acids is 1. The first-order valence-electron chi connectivity index (χ1n) is 9.19. The average molecular weight is 365 g/mol. The number of thioether (sulfide) groups is 1. The van der Waals surface area contributed by atoms with Gasteiger partial charge >= 0.3 is 5.97 Å². The van der Waals surface area contributed by atoms with Crippen molar-refractivity contribution < 1.29 is 9.53 Å². The van der Waals surface area contributed by atoms with Crippen molar-refractivity contribution in [3.63, 3.8) is 0 Å². The molecule has 3 heteroatoms. The Kier molecular flexibility index (Phi) is 4.90. The number of esters is 1. The van der Waals surface area contributed by atoms with Crippen molar-refractivity contribution in [1.82, 2.24) is 0 Å². The van der Waals surface area contributed by atoms with Crippen LogP contribution in [0.5, 0.6) is 0 Å². The molecule has 2 aromatic rings. The molecule has 1 saturated heterocycles. The van der Waals surface area contributed by atoms with Gasteiger partial charge in [-0.15, -0.1) is 0 Å². The molecule has 2 nitrogen and oxygen atoms in total. The van der Waals surface area contributed by atoms with Crippen molar-refractivity contribution in [3.8, 4) is 0 Å². The van der Waals surface area contributed by atoms with Crippen LogP contribution in [0.15, 0.2) is 66.7 Å². The maximum absolute atomic E-state index is 12.4. The Morgan fingerprint density at radius 1 is 1.00 bits per heavy atom. The third-order valence-electron chi connectivity index (χ3n) is 5.63. The Labute approximate surface area is 159 Å². The number of ether oxygens (including phenoxy) is 1.